The number of nitrogens with zero attached hydrogens (tertiary/aromatic N) is 1. The molecular formula is C13H5Br2F3N2OS2. The fourth-order valence-electron chi connectivity index (χ4n) is 1.77. The molecule has 0 aliphatic rings. The molecule has 0 spiro atoms. The van der Waals surface area contributed by atoms with Crippen LogP contribution in [0.1, 0.15) is 15.2 Å². The molecule has 10 heteroatoms. The van der Waals surface area contributed by atoms with E-state index in [1.807, 2.05) is 0 Å². The Morgan fingerprint density at radius 2 is 1.91 bits per heavy atom. The number of fused-ring (bicyclic) bond motifs is 1. The largest absolute Gasteiger partial charge is 0.416 e. The molecule has 0 atom stereocenters. The summed E-state index contributed by atoms with van der Waals surface area (Å²) in [7, 11) is 0. The molecule has 0 radical (unpaired) electrons. The number of aromatic nitrogens is 1. The van der Waals surface area contributed by atoms with Gasteiger partial charge in [0.2, 0.25) is 0 Å². The lowest BCUT2D eigenvalue weighted by Crippen LogP contribution is -2.09. The molecule has 23 heavy (non-hydrogen) atoms. The number of rotatable bonds is 2. The van der Waals surface area contributed by atoms with Crippen molar-refractivity contribution in [2.75, 3.05) is 5.32 Å². The van der Waals surface area contributed by atoms with Crippen LogP contribution in [-0.2, 0) is 6.18 Å². The van der Waals surface area contributed by atoms with Gasteiger partial charge in [0.15, 0.2) is 5.13 Å². The first kappa shape index (κ1) is 16.9. The topological polar surface area (TPSA) is 42.0 Å². The smallest absolute Gasteiger partial charge is 0.297 e. The minimum Gasteiger partial charge on any atom is -0.297 e. The van der Waals surface area contributed by atoms with Crippen molar-refractivity contribution in [2.45, 2.75) is 6.18 Å². The van der Waals surface area contributed by atoms with E-state index in [0.717, 1.165) is 31.7 Å². The molecule has 0 fully saturated rings. The molecule has 0 unspecified atom stereocenters. The monoisotopic (exact) mass is 484 g/mol. The van der Waals surface area contributed by atoms with Gasteiger partial charge in [-0.15, -0.1) is 11.3 Å². The molecular weight excluding hydrogens is 481 g/mol. The van der Waals surface area contributed by atoms with Gasteiger partial charge >= 0.3 is 6.18 Å². The van der Waals surface area contributed by atoms with E-state index in [4.69, 9.17) is 0 Å². The van der Waals surface area contributed by atoms with E-state index in [1.165, 1.54) is 17.4 Å². The van der Waals surface area contributed by atoms with Crippen molar-refractivity contribution in [3.63, 3.8) is 0 Å². The zero-order valence-electron chi connectivity index (χ0n) is 10.9. The summed E-state index contributed by atoms with van der Waals surface area (Å²) in [5.41, 5.74) is -0.329. The van der Waals surface area contributed by atoms with Gasteiger partial charge in [-0.05, 0) is 56.1 Å². The van der Waals surface area contributed by atoms with Crippen molar-refractivity contribution in [3.05, 3.63) is 43.0 Å². The summed E-state index contributed by atoms with van der Waals surface area (Å²) < 4.78 is 40.0. The van der Waals surface area contributed by atoms with Crippen LogP contribution in [0.15, 0.2) is 32.5 Å². The lowest BCUT2D eigenvalue weighted by atomic mass is 10.2. The van der Waals surface area contributed by atoms with E-state index in [1.54, 1.807) is 6.07 Å². The predicted molar refractivity (Wildman–Crippen MR) is 92.3 cm³/mol. The van der Waals surface area contributed by atoms with Crippen LogP contribution in [-0.4, -0.2) is 10.9 Å². The Bertz CT molecular complexity index is 885. The van der Waals surface area contributed by atoms with Gasteiger partial charge in [-0.3, -0.25) is 10.1 Å². The molecule has 1 N–H and O–H groups in total. The summed E-state index contributed by atoms with van der Waals surface area (Å²) in [6.07, 6.45) is -4.41. The number of anilines is 1. The number of thiophene rings is 1. The summed E-state index contributed by atoms with van der Waals surface area (Å²) in [5, 5.41) is 2.86. The van der Waals surface area contributed by atoms with Crippen LogP contribution in [0, 0.1) is 0 Å². The van der Waals surface area contributed by atoms with Gasteiger partial charge in [-0.1, -0.05) is 11.3 Å². The minimum absolute atomic E-state index is 0.255. The highest BCUT2D eigenvalue weighted by Crippen LogP contribution is 2.35. The van der Waals surface area contributed by atoms with Gasteiger partial charge in [0.05, 0.1) is 24.4 Å². The molecule has 0 aliphatic heterocycles. The molecule has 2 heterocycles. The number of nitrogens with one attached hydrogen (secondary N) is 1. The van der Waals surface area contributed by atoms with Crippen molar-refractivity contribution in [1.82, 2.24) is 4.98 Å². The van der Waals surface area contributed by atoms with Gasteiger partial charge in [0.1, 0.15) is 0 Å². The summed E-state index contributed by atoms with van der Waals surface area (Å²) in [4.78, 5) is 16.7. The van der Waals surface area contributed by atoms with Crippen LogP contribution < -0.4 is 5.32 Å². The molecule has 1 amide bonds. The molecule has 0 saturated carbocycles. The fraction of sp³-hybridized carbons (Fsp3) is 0.0769. The first-order valence-electron chi connectivity index (χ1n) is 5.98. The maximum Gasteiger partial charge on any atom is 0.416 e. The van der Waals surface area contributed by atoms with Crippen molar-refractivity contribution < 1.29 is 18.0 Å². The Labute approximate surface area is 152 Å². The number of carbonyl (C=O) groups excluding carboxylic acids is 1. The molecule has 1 aromatic carbocycles. The average molecular weight is 486 g/mol. The third kappa shape index (κ3) is 3.59. The highest BCUT2D eigenvalue weighted by atomic mass is 79.9. The van der Waals surface area contributed by atoms with Crippen LogP contribution in [0.25, 0.3) is 10.2 Å². The number of hydrogen-bond acceptors (Lipinski definition) is 4. The number of alkyl halides is 3. The van der Waals surface area contributed by atoms with E-state index < -0.39 is 11.7 Å². The van der Waals surface area contributed by atoms with Crippen molar-refractivity contribution in [1.29, 1.82) is 0 Å². The molecule has 0 aliphatic carbocycles. The van der Waals surface area contributed by atoms with E-state index >= 15 is 0 Å². The van der Waals surface area contributed by atoms with Gasteiger partial charge in [-0.25, -0.2) is 4.98 Å². The SMILES string of the molecule is O=C(Nc1nc2ccc(C(F)(F)F)cc2s1)c1cc(Br)c(Br)s1. The predicted octanol–water partition coefficient (Wildman–Crippen LogP) is 6.15. The van der Waals surface area contributed by atoms with Crippen LogP contribution in [0.5, 0.6) is 0 Å². The quantitative estimate of drug-likeness (QED) is 0.472. The van der Waals surface area contributed by atoms with Gasteiger partial charge in [-0.2, -0.15) is 13.2 Å². The molecule has 2 aromatic heterocycles. The number of amides is 1. The van der Waals surface area contributed by atoms with E-state index in [2.05, 4.69) is 42.2 Å². The molecule has 3 aromatic rings. The van der Waals surface area contributed by atoms with Crippen LogP contribution in [0.3, 0.4) is 0 Å². The van der Waals surface area contributed by atoms with Crippen molar-refractivity contribution >= 4 is 75.8 Å². The Hall–Kier alpha value is -0.970. The number of carbonyl (C=O) groups is 1. The average Bonchev–Trinajstić information content (AvgIpc) is 3.00. The zero-order chi connectivity index (χ0) is 16.8. The van der Waals surface area contributed by atoms with Gasteiger partial charge < -0.3 is 0 Å². The first-order valence-corrected chi connectivity index (χ1v) is 9.20. The number of hydrogen-bond donors (Lipinski definition) is 1. The normalized spacial score (nSPS) is 11.9. The highest BCUT2D eigenvalue weighted by Gasteiger charge is 2.30. The molecule has 120 valence electrons. The van der Waals surface area contributed by atoms with Crippen LogP contribution in [0.4, 0.5) is 18.3 Å². The summed E-state index contributed by atoms with van der Waals surface area (Å²) in [6.45, 7) is 0. The van der Waals surface area contributed by atoms with Gasteiger partial charge in [0, 0.05) is 4.47 Å². The van der Waals surface area contributed by atoms with E-state index in [9.17, 15) is 18.0 Å². The maximum absolute atomic E-state index is 12.7. The molecule has 3 nitrogen and oxygen atoms in total. The molecule has 0 bridgehead atoms. The number of thiazole rings is 1. The second kappa shape index (κ2) is 6.15. The van der Waals surface area contributed by atoms with Crippen LogP contribution >= 0.6 is 54.5 Å². The Balaban J connectivity index is 1.87. The van der Waals surface area contributed by atoms with Crippen molar-refractivity contribution in [2.24, 2.45) is 0 Å². The molecule has 0 saturated heterocycles. The Morgan fingerprint density at radius 3 is 2.52 bits per heavy atom. The lowest BCUT2D eigenvalue weighted by Gasteiger charge is -2.04. The fourth-order valence-corrected chi connectivity index (χ4v) is 4.60. The van der Waals surface area contributed by atoms with Crippen LogP contribution in [0.2, 0.25) is 0 Å². The summed E-state index contributed by atoms with van der Waals surface area (Å²) >= 11 is 8.82. The summed E-state index contributed by atoms with van der Waals surface area (Å²) in [5.74, 6) is -0.364. The zero-order valence-corrected chi connectivity index (χ0v) is 15.7. The highest BCUT2D eigenvalue weighted by molar-refractivity contribution is 9.13. The maximum atomic E-state index is 12.7. The third-order valence-corrected chi connectivity index (χ3v) is 6.99. The molecule has 3 rings (SSSR count). The number of halogens is 5. The Kier molecular flexibility index (Phi) is 4.51. The lowest BCUT2D eigenvalue weighted by molar-refractivity contribution is -0.137. The summed E-state index contributed by atoms with van der Waals surface area (Å²) in [6, 6.07) is 4.95. The second-order valence-electron chi connectivity index (χ2n) is 4.39. The van der Waals surface area contributed by atoms with E-state index in [-0.39, 0.29) is 11.0 Å². The third-order valence-electron chi connectivity index (χ3n) is 2.81. The Morgan fingerprint density at radius 1 is 1.17 bits per heavy atom. The van der Waals surface area contributed by atoms with Crippen molar-refractivity contribution in [3.8, 4) is 0 Å². The van der Waals surface area contributed by atoms with Gasteiger partial charge in [0.25, 0.3) is 5.91 Å². The second-order valence-corrected chi connectivity index (χ2v) is 8.64. The first-order chi connectivity index (χ1) is 10.7. The van der Waals surface area contributed by atoms with E-state index in [0.29, 0.717) is 15.1 Å². The number of benzene rings is 1. The standard InChI is InChI=1S/C13H5Br2F3N2OS2/c14-6-4-9(22-10(6)15)11(21)20-12-19-7-2-1-5(13(16,17)18)3-8(7)23-12/h1-4H,(H,19,20,21). The minimum atomic E-state index is -4.41.